The lowest BCUT2D eigenvalue weighted by atomic mass is 10.3. The predicted molar refractivity (Wildman–Crippen MR) is 74.0 cm³/mol. The van der Waals surface area contributed by atoms with Crippen molar-refractivity contribution >= 4 is 17.7 Å². The number of hydrogen-bond acceptors (Lipinski definition) is 6. The first-order valence-electron chi connectivity index (χ1n) is 6.53. The van der Waals surface area contributed by atoms with Gasteiger partial charge >= 0.3 is 12.1 Å². The van der Waals surface area contributed by atoms with E-state index in [2.05, 4.69) is 25.1 Å². The van der Waals surface area contributed by atoms with E-state index in [0.29, 0.717) is 0 Å². The van der Waals surface area contributed by atoms with Crippen molar-refractivity contribution in [3.63, 3.8) is 0 Å². The number of nitrogens with zero attached hydrogens (tertiary/aromatic N) is 4. The zero-order valence-corrected chi connectivity index (χ0v) is 12.6. The average molecular weight is 343 g/mol. The first-order valence-corrected chi connectivity index (χ1v) is 6.53. The SMILES string of the molecule is COC(=O)c1nccc(NC(=O)Cn2nc(C(F)(F)F)cc2C)n1. The van der Waals surface area contributed by atoms with Gasteiger partial charge in [-0.1, -0.05) is 0 Å². The van der Waals surface area contributed by atoms with Crippen molar-refractivity contribution in [2.45, 2.75) is 19.6 Å². The summed E-state index contributed by atoms with van der Waals surface area (Å²) in [5.41, 5.74) is -0.904. The van der Waals surface area contributed by atoms with E-state index in [1.807, 2.05) is 0 Å². The lowest BCUT2D eigenvalue weighted by molar-refractivity contribution is -0.141. The highest BCUT2D eigenvalue weighted by Crippen LogP contribution is 2.28. The summed E-state index contributed by atoms with van der Waals surface area (Å²) in [5.74, 6) is -1.70. The lowest BCUT2D eigenvalue weighted by Gasteiger charge is -2.07. The Morgan fingerprint density at radius 1 is 1.38 bits per heavy atom. The molecule has 1 amide bonds. The second-order valence-corrected chi connectivity index (χ2v) is 4.63. The van der Waals surface area contributed by atoms with Gasteiger partial charge in [0.1, 0.15) is 12.4 Å². The molecule has 0 spiro atoms. The van der Waals surface area contributed by atoms with Gasteiger partial charge in [-0.05, 0) is 19.1 Å². The minimum atomic E-state index is -4.59. The molecule has 0 aliphatic carbocycles. The minimum absolute atomic E-state index is 0.0104. The summed E-state index contributed by atoms with van der Waals surface area (Å²) in [6.45, 7) is 0.953. The molecule has 2 aromatic heterocycles. The first kappa shape index (κ1) is 17.4. The third kappa shape index (κ3) is 4.06. The zero-order chi connectivity index (χ0) is 17.9. The van der Waals surface area contributed by atoms with Crippen LogP contribution in [-0.2, 0) is 22.3 Å². The normalized spacial score (nSPS) is 11.2. The Hall–Kier alpha value is -2.98. The molecule has 8 nitrogen and oxygen atoms in total. The van der Waals surface area contributed by atoms with Crippen LogP contribution in [0.2, 0.25) is 0 Å². The third-order valence-corrected chi connectivity index (χ3v) is 2.86. The molecule has 0 aromatic carbocycles. The summed E-state index contributed by atoms with van der Waals surface area (Å²) in [4.78, 5) is 30.6. The molecule has 0 unspecified atom stereocenters. The molecule has 2 heterocycles. The molecule has 1 N–H and O–H groups in total. The molecule has 0 fully saturated rings. The highest BCUT2D eigenvalue weighted by atomic mass is 19.4. The number of rotatable bonds is 4. The van der Waals surface area contributed by atoms with Crippen molar-refractivity contribution in [1.29, 1.82) is 0 Å². The largest absolute Gasteiger partial charge is 0.463 e. The summed E-state index contributed by atoms with van der Waals surface area (Å²) in [7, 11) is 1.15. The summed E-state index contributed by atoms with van der Waals surface area (Å²) in [5, 5.41) is 5.69. The molecule has 128 valence electrons. The minimum Gasteiger partial charge on any atom is -0.463 e. The zero-order valence-electron chi connectivity index (χ0n) is 12.6. The molecule has 0 bridgehead atoms. The van der Waals surface area contributed by atoms with Crippen LogP contribution in [0.5, 0.6) is 0 Å². The van der Waals surface area contributed by atoms with Crippen molar-refractivity contribution in [3.05, 3.63) is 35.5 Å². The number of ether oxygens (including phenoxy) is 1. The van der Waals surface area contributed by atoms with Crippen molar-refractivity contribution in [1.82, 2.24) is 19.7 Å². The number of aromatic nitrogens is 4. The van der Waals surface area contributed by atoms with Gasteiger partial charge in [0.2, 0.25) is 11.7 Å². The topological polar surface area (TPSA) is 99.0 Å². The molecule has 2 rings (SSSR count). The van der Waals surface area contributed by atoms with E-state index < -0.39 is 30.3 Å². The summed E-state index contributed by atoms with van der Waals surface area (Å²) in [6.07, 6.45) is -3.36. The van der Waals surface area contributed by atoms with Crippen molar-refractivity contribution in [3.8, 4) is 0 Å². The smallest absolute Gasteiger partial charge is 0.435 e. The molecular weight excluding hydrogens is 331 g/mol. The van der Waals surface area contributed by atoms with Gasteiger partial charge in [-0.3, -0.25) is 9.48 Å². The van der Waals surface area contributed by atoms with Gasteiger partial charge in [0, 0.05) is 11.9 Å². The number of nitrogens with one attached hydrogen (secondary N) is 1. The molecule has 11 heteroatoms. The van der Waals surface area contributed by atoms with E-state index in [0.717, 1.165) is 17.9 Å². The maximum Gasteiger partial charge on any atom is 0.435 e. The monoisotopic (exact) mass is 343 g/mol. The van der Waals surface area contributed by atoms with E-state index in [4.69, 9.17) is 0 Å². The number of carbonyl (C=O) groups is 2. The molecular formula is C13H12F3N5O3. The number of aryl methyl sites for hydroxylation is 1. The van der Waals surface area contributed by atoms with Gasteiger partial charge in [-0.15, -0.1) is 0 Å². The molecule has 0 saturated heterocycles. The number of methoxy groups -OCH3 is 1. The third-order valence-electron chi connectivity index (χ3n) is 2.86. The molecule has 0 atom stereocenters. The van der Waals surface area contributed by atoms with Gasteiger partial charge in [0.25, 0.3) is 0 Å². The molecule has 24 heavy (non-hydrogen) atoms. The molecule has 0 saturated carbocycles. The van der Waals surface area contributed by atoms with Crippen LogP contribution in [0.1, 0.15) is 22.0 Å². The van der Waals surface area contributed by atoms with Gasteiger partial charge in [-0.2, -0.15) is 18.3 Å². The Morgan fingerprint density at radius 3 is 2.67 bits per heavy atom. The van der Waals surface area contributed by atoms with E-state index >= 15 is 0 Å². The van der Waals surface area contributed by atoms with Crippen molar-refractivity contribution in [2.24, 2.45) is 0 Å². The van der Waals surface area contributed by atoms with Gasteiger partial charge in [0.05, 0.1) is 7.11 Å². The summed E-state index contributed by atoms with van der Waals surface area (Å²) >= 11 is 0. The van der Waals surface area contributed by atoms with Gasteiger partial charge in [-0.25, -0.2) is 14.8 Å². The second-order valence-electron chi connectivity index (χ2n) is 4.63. The number of esters is 1. The predicted octanol–water partition coefficient (Wildman–Crippen LogP) is 1.43. The van der Waals surface area contributed by atoms with Crippen molar-refractivity contribution in [2.75, 3.05) is 12.4 Å². The Kier molecular flexibility index (Phi) is 4.81. The van der Waals surface area contributed by atoms with Crippen molar-refractivity contribution < 1.29 is 27.5 Å². The molecule has 2 aromatic rings. The Balaban J connectivity index is 2.09. The molecule has 0 radical (unpaired) electrons. The van der Waals surface area contributed by atoms with E-state index in [-0.39, 0.29) is 17.3 Å². The number of alkyl halides is 3. The van der Waals surface area contributed by atoms with E-state index in [9.17, 15) is 22.8 Å². The maximum atomic E-state index is 12.6. The number of carbonyl (C=O) groups excluding carboxylic acids is 2. The van der Waals surface area contributed by atoms with Crippen LogP contribution in [0.4, 0.5) is 19.0 Å². The summed E-state index contributed by atoms with van der Waals surface area (Å²) in [6, 6.07) is 2.16. The lowest BCUT2D eigenvalue weighted by Crippen LogP contribution is -2.22. The second kappa shape index (κ2) is 6.64. The van der Waals surface area contributed by atoms with Crippen LogP contribution < -0.4 is 5.32 Å². The average Bonchev–Trinajstić information content (AvgIpc) is 2.87. The number of amides is 1. The van der Waals surface area contributed by atoms with Crippen LogP contribution in [0.25, 0.3) is 0 Å². The van der Waals surface area contributed by atoms with E-state index in [1.165, 1.54) is 19.2 Å². The van der Waals surface area contributed by atoms with Crippen LogP contribution in [-0.4, -0.2) is 38.7 Å². The number of halogens is 3. The quantitative estimate of drug-likeness (QED) is 0.843. The maximum absolute atomic E-state index is 12.6. The molecule has 0 aliphatic rings. The highest BCUT2D eigenvalue weighted by molar-refractivity contribution is 5.90. The Labute approximate surface area is 133 Å². The van der Waals surface area contributed by atoms with Gasteiger partial charge < -0.3 is 10.1 Å². The Bertz CT molecular complexity index is 772. The highest BCUT2D eigenvalue weighted by Gasteiger charge is 2.34. The molecule has 0 aliphatic heterocycles. The van der Waals surface area contributed by atoms with Crippen LogP contribution in [0.15, 0.2) is 18.3 Å². The van der Waals surface area contributed by atoms with Gasteiger partial charge in [0.15, 0.2) is 5.69 Å². The number of hydrogen-bond donors (Lipinski definition) is 1. The standard InChI is InChI=1S/C13H12F3N5O3/c1-7-5-8(13(14,15)16)20-21(7)6-10(22)18-9-3-4-17-11(19-9)12(23)24-2/h3-5H,6H2,1-2H3,(H,17,18,19,22). The summed E-state index contributed by atoms with van der Waals surface area (Å²) < 4.78 is 43.1. The Morgan fingerprint density at radius 2 is 2.08 bits per heavy atom. The van der Waals surface area contributed by atoms with Crippen LogP contribution in [0, 0.1) is 6.92 Å². The first-order chi connectivity index (χ1) is 11.2. The van der Waals surface area contributed by atoms with Crippen LogP contribution in [0.3, 0.4) is 0 Å². The number of anilines is 1. The van der Waals surface area contributed by atoms with Crippen LogP contribution >= 0.6 is 0 Å². The fourth-order valence-corrected chi connectivity index (χ4v) is 1.75. The fourth-order valence-electron chi connectivity index (χ4n) is 1.75. The van der Waals surface area contributed by atoms with E-state index in [1.54, 1.807) is 0 Å². The fraction of sp³-hybridized carbons (Fsp3) is 0.308.